The molecule has 0 saturated carbocycles. The van der Waals surface area contributed by atoms with Crippen molar-refractivity contribution in [1.29, 1.82) is 0 Å². The molecule has 2 aromatic carbocycles. The van der Waals surface area contributed by atoms with E-state index < -0.39 is 0 Å². The number of methoxy groups -OCH3 is 1. The van der Waals surface area contributed by atoms with Crippen molar-refractivity contribution in [3.8, 4) is 22.8 Å². The van der Waals surface area contributed by atoms with Gasteiger partial charge in [0.1, 0.15) is 5.75 Å². The van der Waals surface area contributed by atoms with Crippen LogP contribution in [-0.2, 0) is 0 Å². The second-order valence-corrected chi connectivity index (χ2v) is 6.30. The average molecular weight is 337 g/mol. The van der Waals surface area contributed by atoms with E-state index in [0.29, 0.717) is 0 Å². The summed E-state index contributed by atoms with van der Waals surface area (Å²) in [6, 6.07) is 16.2. The van der Waals surface area contributed by atoms with Crippen molar-refractivity contribution in [2.24, 2.45) is 0 Å². The monoisotopic (exact) mass is 337 g/mol. The van der Waals surface area contributed by atoms with Crippen LogP contribution in [0.15, 0.2) is 66.3 Å². The van der Waals surface area contributed by atoms with Crippen LogP contribution in [0.25, 0.3) is 17.1 Å². The van der Waals surface area contributed by atoms with Gasteiger partial charge in [-0.05, 0) is 31.2 Å². The van der Waals surface area contributed by atoms with Crippen molar-refractivity contribution in [3.63, 3.8) is 0 Å². The predicted molar refractivity (Wildman–Crippen MR) is 99.0 cm³/mol. The van der Waals surface area contributed by atoms with Gasteiger partial charge >= 0.3 is 0 Å². The second kappa shape index (κ2) is 7.36. The van der Waals surface area contributed by atoms with Crippen LogP contribution in [0.2, 0.25) is 0 Å². The number of aryl methyl sites for hydroxylation is 1. The normalized spacial score (nSPS) is 10.6. The van der Waals surface area contributed by atoms with E-state index >= 15 is 0 Å². The summed E-state index contributed by atoms with van der Waals surface area (Å²) in [5, 5.41) is 9.63. The van der Waals surface area contributed by atoms with Gasteiger partial charge in [0.25, 0.3) is 0 Å². The van der Waals surface area contributed by atoms with Crippen molar-refractivity contribution in [1.82, 2.24) is 14.8 Å². The van der Waals surface area contributed by atoms with E-state index in [0.717, 1.165) is 33.7 Å². The van der Waals surface area contributed by atoms with Gasteiger partial charge in [-0.25, -0.2) is 0 Å². The fraction of sp³-hybridized carbons (Fsp3) is 0.158. The lowest BCUT2D eigenvalue weighted by molar-refractivity contribution is 0.415. The number of hydrogen-bond acceptors (Lipinski definition) is 4. The third-order valence-corrected chi connectivity index (χ3v) is 4.51. The highest BCUT2D eigenvalue weighted by atomic mass is 32.2. The summed E-state index contributed by atoms with van der Waals surface area (Å²) in [5.41, 5.74) is 3.22. The zero-order chi connectivity index (χ0) is 16.9. The van der Waals surface area contributed by atoms with Crippen LogP contribution in [0.1, 0.15) is 5.56 Å². The van der Waals surface area contributed by atoms with Gasteiger partial charge in [0.2, 0.25) is 0 Å². The van der Waals surface area contributed by atoms with Gasteiger partial charge in [-0.1, -0.05) is 47.7 Å². The third-order valence-electron chi connectivity index (χ3n) is 3.58. The minimum Gasteiger partial charge on any atom is -0.497 e. The van der Waals surface area contributed by atoms with E-state index in [1.807, 2.05) is 30.3 Å². The van der Waals surface area contributed by atoms with E-state index in [4.69, 9.17) is 4.74 Å². The predicted octanol–water partition coefficient (Wildman–Crippen LogP) is 4.53. The standard InChI is InChI=1S/C19H19N3OS/c1-4-12-24-19-21-20-18(15-6-5-7-17(13-15)23-3)22(19)16-10-8-14(2)9-11-16/h4-11,13H,1,12H2,2-3H3. The average Bonchev–Trinajstić information content (AvgIpc) is 3.04. The van der Waals surface area contributed by atoms with Crippen molar-refractivity contribution >= 4 is 11.8 Å². The molecule has 122 valence electrons. The minimum absolute atomic E-state index is 0.780. The smallest absolute Gasteiger partial charge is 0.196 e. The van der Waals surface area contributed by atoms with Crippen LogP contribution in [-0.4, -0.2) is 27.6 Å². The summed E-state index contributed by atoms with van der Waals surface area (Å²) in [6.07, 6.45) is 1.87. The number of thioether (sulfide) groups is 1. The molecule has 0 bridgehead atoms. The zero-order valence-corrected chi connectivity index (χ0v) is 14.6. The molecule has 3 rings (SSSR count). The Balaban J connectivity index is 2.13. The van der Waals surface area contributed by atoms with Crippen molar-refractivity contribution in [2.45, 2.75) is 12.1 Å². The molecule has 0 unspecified atom stereocenters. The Bertz CT molecular complexity index is 840. The summed E-state index contributed by atoms with van der Waals surface area (Å²) in [7, 11) is 1.66. The summed E-state index contributed by atoms with van der Waals surface area (Å²) in [5.74, 6) is 2.37. The third kappa shape index (κ3) is 3.36. The highest BCUT2D eigenvalue weighted by Gasteiger charge is 2.16. The molecule has 0 atom stereocenters. The van der Waals surface area contributed by atoms with Gasteiger partial charge in [0.15, 0.2) is 11.0 Å². The lowest BCUT2D eigenvalue weighted by Crippen LogP contribution is -2.00. The number of nitrogens with zero attached hydrogens (tertiary/aromatic N) is 3. The number of rotatable bonds is 6. The molecule has 0 aliphatic heterocycles. The van der Waals surface area contributed by atoms with E-state index in [1.54, 1.807) is 18.9 Å². The Labute approximate surface area is 146 Å². The summed E-state index contributed by atoms with van der Waals surface area (Å²) >= 11 is 1.61. The molecule has 0 saturated heterocycles. The van der Waals surface area contributed by atoms with Crippen LogP contribution >= 0.6 is 11.8 Å². The Kier molecular flexibility index (Phi) is 5.01. The minimum atomic E-state index is 0.780. The Hall–Kier alpha value is -2.53. The molecule has 0 amide bonds. The van der Waals surface area contributed by atoms with E-state index in [9.17, 15) is 0 Å². The molecule has 0 fully saturated rings. The van der Waals surface area contributed by atoms with Crippen LogP contribution in [0, 0.1) is 6.92 Å². The summed E-state index contributed by atoms with van der Waals surface area (Å²) < 4.78 is 7.41. The fourth-order valence-corrected chi connectivity index (χ4v) is 3.06. The van der Waals surface area contributed by atoms with E-state index in [2.05, 4.69) is 52.5 Å². The summed E-state index contributed by atoms with van der Waals surface area (Å²) in [4.78, 5) is 0. The molecular formula is C19H19N3OS. The van der Waals surface area contributed by atoms with Gasteiger partial charge in [-0.3, -0.25) is 4.57 Å². The number of aromatic nitrogens is 3. The van der Waals surface area contributed by atoms with Crippen LogP contribution < -0.4 is 4.74 Å². The SMILES string of the molecule is C=CCSc1nnc(-c2cccc(OC)c2)n1-c1ccc(C)cc1. The maximum atomic E-state index is 5.33. The van der Waals surface area contributed by atoms with Crippen molar-refractivity contribution in [3.05, 3.63) is 66.7 Å². The quantitative estimate of drug-likeness (QED) is 0.489. The number of ether oxygens (including phenoxy) is 1. The molecule has 0 spiro atoms. The van der Waals surface area contributed by atoms with Gasteiger partial charge in [0, 0.05) is 17.0 Å². The first-order valence-electron chi connectivity index (χ1n) is 7.63. The second-order valence-electron chi connectivity index (χ2n) is 5.31. The lowest BCUT2D eigenvalue weighted by atomic mass is 10.2. The zero-order valence-electron chi connectivity index (χ0n) is 13.8. The summed E-state index contributed by atoms with van der Waals surface area (Å²) in [6.45, 7) is 5.86. The molecule has 3 aromatic rings. The topological polar surface area (TPSA) is 39.9 Å². The van der Waals surface area contributed by atoms with Crippen LogP contribution in [0.3, 0.4) is 0 Å². The fourth-order valence-electron chi connectivity index (χ4n) is 2.37. The first-order valence-corrected chi connectivity index (χ1v) is 8.62. The van der Waals surface area contributed by atoms with Crippen LogP contribution in [0.4, 0.5) is 0 Å². The van der Waals surface area contributed by atoms with E-state index in [1.165, 1.54) is 5.56 Å². The van der Waals surface area contributed by atoms with Gasteiger partial charge in [-0.15, -0.1) is 16.8 Å². The maximum Gasteiger partial charge on any atom is 0.196 e. The largest absolute Gasteiger partial charge is 0.497 e. The van der Waals surface area contributed by atoms with Gasteiger partial charge in [0.05, 0.1) is 7.11 Å². The van der Waals surface area contributed by atoms with Gasteiger partial charge in [-0.2, -0.15) is 0 Å². The first-order chi connectivity index (χ1) is 11.7. The molecule has 0 N–H and O–H groups in total. The molecule has 0 aliphatic rings. The molecule has 1 aromatic heterocycles. The van der Waals surface area contributed by atoms with Crippen molar-refractivity contribution in [2.75, 3.05) is 12.9 Å². The Morgan fingerprint density at radius 1 is 1.17 bits per heavy atom. The Morgan fingerprint density at radius 2 is 1.96 bits per heavy atom. The first kappa shape index (κ1) is 16.3. The van der Waals surface area contributed by atoms with Gasteiger partial charge < -0.3 is 4.74 Å². The lowest BCUT2D eigenvalue weighted by Gasteiger charge is -2.11. The highest BCUT2D eigenvalue weighted by Crippen LogP contribution is 2.29. The molecule has 0 aliphatic carbocycles. The Morgan fingerprint density at radius 3 is 2.67 bits per heavy atom. The van der Waals surface area contributed by atoms with Crippen molar-refractivity contribution < 1.29 is 4.74 Å². The molecule has 5 heteroatoms. The van der Waals surface area contributed by atoms with E-state index in [-0.39, 0.29) is 0 Å². The number of benzene rings is 2. The number of hydrogen-bond donors (Lipinski definition) is 0. The molecule has 24 heavy (non-hydrogen) atoms. The van der Waals surface area contributed by atoms with Crippen LogP contribution in [0.5, 0.6) is 5.75 Å². The molecular weight excluding hydrogens is 318 g/mol. The molecule has 4 nitrogen and oxygen atoms in total. The maximum absolute atomic E-state index is 5.33. The molecule has 0 radical (unpaired) electrons. The highest BCUT2D eigenvalue weighted by molar-refractivity contribution is 7.99. The molecule has 1 heterocycles.